The number of hydrogen-bond acceptors (Lipinski definition) is 7. The molecule has 3 N–H and O–H groups in total. The number of unbranched alkanes of at least 4 members (excludes halogenated alkanes) is 1. The quantitative estimate of drug-likeness (QED) is 0.236. The van der Waals surface area contributed by atoms with E-state index in [1.165, 1.54) is 24.4 Å². The number of halogens is 3. The molecule has 0 aliphatic rings. The number of amides is 2. The molecule has 41 heavy (non-hydrogen) atoms. The Morgan fingerprint density at radius 3 is 2.29 bits per heavy atom. The van der Waals surface area contributed by atoms with E-state index >= 15 is 0 Å². The summed E-state index contributed by atoms with van der Waals surface area (Å²) >= 11 is 0. The number of nitrogens with one attached hydrogen (secondary N) is 2. The first-order valence-electron chi connectivity index (χ1n) is 13.1. The highest BCUT2D eigenvalue weighted by molar-refractivity contribution is 6.42. The molecule has 14 heteroatoms. The predicted molar refractivity (Wildman–Crippen MR) is 142 cm³/mol. The van der Waals surface area contributed by atoms with Crippen LogP contribution in [0, 0.1) is 5.41 Å². The summed E-state index contributed by atoms with van der Waals surface area (Å²) in [7, 11) is 0. The second-order valence-corrected chi connectivity index (χ2v) is 10.6. The molecule has 0 spiro atoms. The third-order valence-electron chi connectivity index (χ3n) is 6.56. The van der Waals surface area contributed by atoms with Gasteiger partial charge >= 0.3 is 12.3 Å². The Bertz CT molecular complexity index is 1320. The molecule has 1 aromatic carbocycles. The van der Waals surface area contributed by atoms with E-state index in [4.69, 9.17) is 4.42 Å². The molecule has 2 atom stereocenters. The van der Waals surface area contributed by atoms with Gasteiger partial charge in [-0.25, -0.2) is 4.79 Å². The molecule has 0 unspecified atom stereocenters. The fourth-order valence-electron chi connectivity index (χ4n) is 4.46. The smallest absolute Gasteiger partial charge is 0.416 e. The van der Waals surface area contributed by atoms with Crippen molar-refractivity contribution in [2.75, 3.05) is 5.32 Å². The van der Waals surface area contributed by atoms with Crippen molar-refractivity contribution < 1.29 is 37.1 Å². The fraction of sp³-hybridized carbons (Fsp3) is 0.481. The van der Waals surface area contributed by atoms with Crippen LogP contribution in [-0.4, -0.2) is 60.3 Å². The predicted octanol–water partition coefficient (Wildman–Crippen LogP) is 5.57. The van der Waals surface area contributed by atoms with E-state index in [0.717, 1.165) is 17.0 Å². The van der Waals surface area contributed by atoms with Gasteiger partial charge in [0, 0.05) is 24.1 Å². The summed E-state index contributed by atoms with van der Waals surface area (Å²) < 4.78 is 44.3. The summed E-state index contributed by atoms with van der Waals surface area (Å²) in [6.07, 6.45) is -2.83. The van der Waals surface area contributed by atoms with Crippen LogP contribution in [0.2, 0.25) is 0 Å². The molecule has 3 rings (SSSR count). The Balaban J connectivity index is 1.83. The van der Waals surface area contributed by atoms with Crippen molar-refractivity contribution >= 4 is 23.6 Å². The number of aromatic amines is 1. The molecule has 0 saturated heterocycles. The van der Waals surface area contributed by atoms with Gasteiger partial charge in [-0.1, -0.05) is 40.5 Å². The molecule has 0 radical (unpaired) electrons. The standard InChI is InChI=1S/C27H33F3N6O5/c1-5-6-7-18(22(37)23(38)32-20-14-15-31-33-20)36(25(39)40)19(26(2,3)4)12-13-21-34-35-24(41-21)16-8-10-17(11-9-16)27(28,29)30/h8-11,14-15,18-19H,5-7,12-13H2,1-4H3,(H,39,40)(H2,31,32,33,38)/t18-,19+/m0/s1. The Labute approximate surface area is 234 Å². The number of aromatic nitrogens is 4. The molecule has 2 amide bonds. The van der Waals surface area contributed by atoms with E-state index in [0.29, 0.717) is 18.4 Å². The molecule has 0 bridgehead atoms. The number of benzene rings is 1. The van der Waals surface area contributed by atoms with Crippen LogP contribution in [-0.2, 0) is 22.2 Å². The molecule has 3 aromatic rings. The van der Waals surface area contributed by atoms with Crippen LogP contribution in [0.5, 0.6) is 0 Å². The lowest BCUT2D eigenvalue weighted by atomic mass is 9.81. The number of alkyl halides is 3. The summed E-state index contributed by atoms with van der Waals surface area (Å²) in [5, 5.41) is 26.8. The Morgan fingerprint density at radius 1 is 1.07 bits per heavy atom. The average molecular weight is 579 g/mol. The molecular formula is C27H33F3N6O5. The maximum atomic E-state index is 13.3. The van der Waals surface area contributed by atoms with Crippen LogP contribution in [0.15, 0.2) is 40.9 Å². The number of carbonyl (C=O) groups excluding carboxylic acids is 2. The Hall–Kier alpha value is -4.23. The Kier molecular flexibility index (Phi) is 9.89. The van der Waals surface area contributed by atoms with Crippen molar-refractivity contribution in [3.05, 3.63) is 48.0 Å². The normalized spacial score (nSPS) is 13.4. The second-order valence-electron chi connectivity index (χ2n) is 10.6. The van der Waals surface area contributed by atoms with Crippen LogP contribution in [0.1, 0.15) is 64.8 Å². The third kappa shape index (κ3) is 8.14. The van der Waals surface area contributed by atoms with Crippen molar-refractivity contribution in [2.24, 2.45) is 5.41 Å². The second kappa shape index (κ2) is 13.0. The highest BCUT2D eigenvalue weighted by Gasteiger charge is 2.42. The van der Waals surface area contributed by atoms with Gasteiger partial charge in [0.2, 0.25) is 17.6 Å². The number of rotatable bonds is 12. The number of ketones is 1. The molecule has 2 heterocycles. The highest BCUT2D eigenvalue weighted by Crippen LogP contribution is 2.33. The zero-order chi connectivity index (χ0) is 30.4. The van der Waals surface area contributed by atoms with E-state index in [1.54, 1.807) is 0 Å². The molecule has 222 valence electrons. The summed E-state index contributed by atoms with van der Waals surface area (Å²) in [6.45, 7) is 7.35. The van der Waals surface area contributed by atoms with Crippen molar-refractivity contribution in [2.45, 2.75) is 78.1 Å². The van der Waals surface area contributed by atoms with E-state index in [-0.39, 0.29) is 36.9 Å². The number of hydrogen-bond donors (Lipinski definition) is 3. The monoisotopic (exact) mass is 578 g/mol. The third-order valence-corrected chi connectivity index (χ3v) is 6.56. The molecule has 0 fully saturated rings. The first-order valence-corrected chi connectivity index (χ1v) is 13.1. The van der Waals surface area contributed by atoms with Crippen LogP contribution in [0.25, 0.3) is 11.5 Å². The Morgan fingerprint density at radius 2 is 1.76 bits per heavy atom. The van der Waals surface area contributed by atoms with E-state index in [2.05, 4.69) is 25.7 Å². The minimum atomic E-state index is -4.48. The number of aryl methyl sites for hydroxylation is 1. The maximum absolute atomic E-state index is 13.3. The van der Waals surface area contributed by atoms with Gasteiger partial charge in [-0.3, -0.25) is 19.6 Å². The largest absolute Gasteiger partial charge is 0.465 e. The van der Waals surface area contributed by atoms with E-state index in [1.807, 2.05) is 27.7 Å². The van der Waals surface area contributed by atoms with Crippen molar-refractivity contribution in [3.63, 3.8) is 0 Å². The van der Waals surface area contributed by atoms with Gasteiger partial charge in [0.1, 0.15) is 11.9 Å². The van der Waals surface area contributed by atoms with E-state index < -0.39 is 47.0 Å². The summed E-state index contributed by atoms with van der Waals surface area (Å²) in [4.78, 5) is 39.8. The SMILES string of the molecule is CCCC[C@@H](C(=O)C(=O)Nc1ccn[nH]1)N(C(=O)O)[C@H](CCc1nnc(-c2ccc(C(F)(F)F)cc2)o1)C(C)(C)C. The van der Waals surface area contributed by atoms with E-state index in [9.17, 15) is 32.7 Å². The van der Waals surface area contributed by atoms with Gasteiger partial charge < -0.3 is 14.8 Å². The topological polar surface area (TPSA) is 154 Å². The first kappa shape index (κ1) is 31.3. The molecule has 11 nitrogen and oxygen atoms in total. The molecule has 2 aromatic heterocycles. The van der Waals surface area contributed by atoms with Gasteiger partial charge in [-0.15, -0.1) is 10.2 Å². The van der Waals surface area contributed by atoms with Gasteiger partial charge in [0.15, 0.2) is 0 Å². The summed E-state index contributed by atoms with van der Waals surface area (Å²) in [5.41, 5.74) is -1.18. The van der Waals surface area contributed by atoms with Gasteiger partial charge in [-0.2, -0.15) is 18.3 Å². The maximum Gasteiger partial charge on any atom is 0.416 e. The summed E-state index contributed by atoms with van der Waals surface area (Å²) in [6, 6.07) is 3.75. The number of anilines is 1. The zero-order valence-corrected chi connectivity index (χ0v) is 23.2. The molecule has 0 aliphatic heterocycles. The first-order chi connectivity index (χ1) is 19.2. The van der Waals surface area contributed by atoms with Crippen molar-refractivity contribution in [3.8, 4) is 11.5 Å². The minimum absolute atomic E-state index is 0.0163. The lowest BCUT2D eigenvalue weighted by molar-refractivity contribution is -0.139. The number of carbonyl (C=O) groups is 3. The van der Waals surface area contributed by atoms with Crippen LogP contribution in [0.4, 0.5) is 23.8 Å². The van der Waals surface area contributed by atoms with Crippen LogP contribution >= 0.6 is 0 Å². The minimum Gasteiger partial charge on any atom is -0.465 e. The average Bonchev–Trinajstić information content (AvgIpc) is 3.58. The van der Waals surface area contributed by atoms with Gasteiger partial charge in [0.25, 0.3) is 5.91 Å². The molecule has 0 saturated carbocycles. The lowest BCUT2D eigenvalue weighted by Crippen LogP contribution is -2.56. The number of carboxylic acid groups (broad SMARTS) is 1. The molecular weight excluding hydrogens is 545 g/mol. The molecule has 0 aliphatic carbocycles. The van der Waals surface area contributed by atoms with Crippen molar-refractivity contribution in [1.82, 2.24) is 25.3 Å². The zero-order valence-electron chi connectivity index (χ0n) is 23.2. The number of Topliss-reactive ketones (excluding diaryl/α,β-unsaturated/α-hetero) is 1. The van der Waals surface area contributed by atoms with Gasteiger partial charge in [-0.05, 0) is 42.5 Å². The van der Waals surface area contributed by atoms with Gasteiger partial charge in [0.05, 0.1) is 11.8 Å². The number of nitrogens with zero attached hydrogens (tertiary/aromatic N) is 4. The van der Waals surface area contributed by atoms with Crippen LogP contribution < -0.4 is 5.32 Å². The number of H-pyrrole nitrogens is 1. The fourth-order valence-corrected chi connectivity index (χ4v) is 4.46. The lowest BCUT2D eigenvalue weighted by Gasteiger charge is -2.42. The highest BCUT2D eigenvalue weighted by atomic mass is 19.4. The van der Waals surface area contributed by atoms with Crippen molar-refractivity contribution in [1.29, 1.82) is 0 Å². The summed E-state index contributed by atoms with van der Waals surface area (Å²) in [5.74, 6) is -1.50. The van der Waals surface area contributed by atoms with Crippen LogP contribution in [0.3, 0.4) is 0 Å².